The van der Waals surface area contributed by atoms with Crippen molar-refractivity contribution in [2.24, 2.45) is 11.7 Å². The molecule has 1 heterocycles. The SMILES string of the molecule is Cc1ccc(CC(CN)CC2Cc3ccccc3O2)cc1. The summed E-state index contributed by atoms with van der Waals surface area (Å²) in [4.78, 5) is 0. The van der Waals surface area contributed by atoms with E-state index >= 15 is 0 Å². The van der Waals surface area contributed by atoms with Crippen molar-refractivity contribution in [2.45, 2.75) is 32.3 Å². The topological polar surface area (TPSA) is 35.2 Å². The molecule has 0 aliphatic carbocycles. The van der Waals surface area contributed by atoms with E-state index in [1.807, 2.05) is 6.07 Å². The Hall–Kier alpha value is -1.80. The number of aryl methyl sites for hydroxylation is 1. The third-order valence-electron chi connectivity index (χ3n) is 4.29. The zero-order chi connectivity index (χ0) is 14.7. The molecule has 0 aromatic heterocycles. The van der Waals surface area contributed by atoms with Crippen molar-refractivity contribution >= 4 is 0 Å². The van der Waals surface area contributed by atoms with Gasteiger partial charge in [0, 0.05) is 6.42 Å². The molecule has 3 rings (SSSR count). The third kappa shape index (κ3) is 3.45. The van der Waals surface area contributed by atoms with E-state index in [2.05, 4.69) is 49.4 Å². The molecule has 0 fully saturated rings. The minimum absolute atomic E-state index is 0.279. The van der Waals surface area contributed by atoms with Gasteiger partial charge in [-0.3, -0.25) is 0 Å². The Kier molecular flexibility index (Phi) is 4.26. The lowest BCUT2D eigenvalue weighted by Crippen LogP contribution is -2.25. The maximum Gasteiger partial charge on any atom is 0.123 e. The van der Waals surface area contributed by atoms with Crippen molar-refractivity contribution in [3.05, 3.63) is 65.2 Å². The van der Waals surface area contributed by atoms with E-state index in [0.29, 0.717) is 12.5 Å². The van der Waals surface area contributed by atoms with E-state index in [0.717, 1.165) is 25.0 Å². The van der Waals surface area contributed by atoms with E-state index in [1.54, 1.807) is 0 Å². The quantitative estimate of drug-likeness (QED) is 0.910. The van der Waals surface area contributed by atoms with Crippen molar-refractivity contribution in [1.29, 1.82) is 0 Å². The first-order chi connectivity index (χ1) is 10.2. The fourth-order valence-corrected chi connectivity index (χ4v) is 3.08. The van der Waals surface area contributed by atoms with E-state index in [1.165, 1.54) is 16.7 Å². The van der Waals surface area contributed by atoms with Crippen LogP contribution in [-0.4, -0.2) is 12.6 Å². The summed E-state index contributed by atoms with van der Waals surface area (Å²) in [5.74, 6) is 1.53. The second kappa shape index (κ2) is 6.31. The molecule has 2 atom stereocenters. The highest BCUT2D eigenvalue weighted by molar-refractivity contribution is 5.37. The molecule has 110 valence electrons. The molecule has 0 radical (unpaired) electrons. The van der Waals surface area contributed by atoms with Crippen LogP contribution in [0.3, 0.4) is 0 Å². The van der Waals surface area contributed by atoms with Gasteiger partial charge in [-0.15, -0.1) is 0 Å². The van der Waals surface area contributed by atoms with Crippen LogP contribution < -0.4 is 10.5 Å². The first-order valence-corrected chi connectivity index (χ1v) is 7.75. The normalized spacial score (nSPS) is 18.1. The summed E-state index contributed by atoms with van der Waals surface area (Å²) < 4.78 is 6.04. The van der Waals surface area contributed by atoms with Crippen molar-refractivity contribution in [2.75, 3.05) is 6.54 Å². The lowest BCUT2D eigenvalue weighted by molar-refractivity contribution is 0.194. The zero-order valence-electron chi connectivity index (χ0n) is 12.6. The molecule has 0 spiro atoms. The molecule has 21 heavy (non-hydrogen) atoms. The van der Waals surface area contributed by atoms with Crippen LogP contribution in [-0.2, 0) is 12.8 Å². The van der Waals surface area contributed by atoms with E-state index in [4.69, 9.17) is 10.5 Å². The lowest BCUT2D eigenvalue weighted by Gasteiger charge is -2.19. The summed E-state index contributed by atoms with van der Waals surface area (Å²) in [6.07, 6.45) is 3.36. The summed E-state index contributed by atoms with van der Waals surface area (Å²) in [7, 11) is 0. The Bertz CT molecular complexity index is 566. The second-order valence-electron chi connectivity index (χ2n) is 6.08. The smallest absolute Gasteiger partial charge is 0.123 e. The highest BCUT2D eigenvalue weighted by atomic mass is 16.5. The number of fused-ring (bicyclic) bond motifs is 1. The van der Waals surface area contributed by atoms with Gasteiger partial charge in [0.05, 0.1) is 0 Å². The van der Waals surface area contributed by atoms with Crippen molar-refractivity contribution in [3.8, 4) is 5.75 Å². The first kappa shape index (κ1) is 14.2. The summed E-state index contributed by atoms with van der Waals surface area (Å²) in [6.45, 7) is 2.83. The Balaban J connectivity index is 1.60. The number of rotatable bonds is 5. The molecule has 0 bridgehead atoms. The summed E-state index contributed by atoms with van der Waals surface area (Å²) in [6, 6.07) is 17.1. The second-order valence-corrected chi connectivity index (χ2v) is 6.08. The van der Waals surface area contributed by atoms with Gasteiger partial charge in [-0.1, -0.05) is 48.0 Å². The number of benzene rings is 2. The molecule has 2 N–H and O–H groups in total. The number of hydrogen-bond acceptors (Lipinski definition) is 2. The van der Waals surface area contributed by atoms with Crippen LogP contribution in [0, 0.1) is 12.8 Å². The Morgan fingerprint density at radius 1 is 1.14 bits per heavy atom. The molecule has 1 aliphatic rings. The van der Waals surface area contributed by atoms with Crippen LogP contribution in [0.25, 0.3) is 0 Å². The maximum atomic E-state index is 6.04. The van der Waals surface area contributed by atoms with Crippen LogP contribution in [0.4, 0.5) is 0 Å². The Labute approximate surface area is 126 Å². The van der Waals surface area contributed by atoms with Crippen LogP contribution in [0.2, 0.25) is 0 Å². The highest BCUT2D eigenvalue weighted by Crippen LogP contribution is 2.31. The van der Waals surface area contributed by atoms with Gasteiger partial charge in [-0.05, 0) is 49.4 Å². The molecule has 2 nitrogen and oxygen atoms in total. The molecule has 2 aromatic rings. The van der Waals surface area contributed by atoms with Gasteiger partial charge in [0.25, 0.3) is 0 Å². The summed E-state index contributed by atoms with van der Waals surface area (Å²) in [5, 5.41) is 0. The lowest BCUT2D eigenvalue weighted by atomic mass is 9.92. The molecule has 2 aromatic carbocycles. The summed E-state index contributed by atoms with van der Waals surface area (Å²) >= 11 is 0. The van der Waals surface area contributed by atoms with Crippen molar-refractivity contribution in [3.63, 3.8) is 0 Å². The van der Waals surface area contributed by atoms with Gasteiger partial charge >= 0.3 is 0 Å². The van der Waals surface area contributed by atoms with E-state index in [-0.39, 0.29) is 6.10 Å². The van der Waals surface area contributed by atoms with Crippen LogP contribution in [0.1, 0.15) is 23.1 Å². The molecule has 0 saturated heterocycles. The maximum absolute atomic E-state index is 6.04. The predicted molar refractivity (Wildman–Crippen MR) is 86.6 cm³/mol. The van der Waals surface area contributed by atoms with Crippen LogP contribution >= 0.6 is 0 Å². The highest BCUT2D eigenvalue weighted by Gasteiger charge is 2.25. The average molecular weight is 281 g/mol. The van der Waals surface area contributed by atoms with Crippen molar-refractivity contribution < 1.29 is 4.74 Å². The zero-order valence-corrected chi connectivity index (χ0v) is 12.6. The number of hydrogen-bond donors (Lipinski definition) is 1. The third-order valence-corrected chi connectivity index (χ3v) is 4.29. The fraction of sp³-hybridized carbons (Fsp3) is 0.368. The van der Waals surface area contributed by atoms with E-state index < -0.39 is 0 Å². The number of para-hydroxylation sites is 1. The molecule has 2 unspecified atom stereocenters. The monoisotopic (exact) mass is 281 g/mol. The predicted octanol–water partition coefficient (Wildman–Crippen LogP) is 3.51. The summed E-state index contributed by atoms with van der Waals surface area (Å²) in [5.41, 5.74) is 9.98. The molecule has 2 heteroatoms. The minimum Gasteiger partial charge on any atom is -0.490 e. The molecule has 0 amide bonds. The number of ether oxygens (including phenoxy) is 1. The molecule has 0 saturated carbocycles. The Morgan fingerprint density at radius 3 is 2.62 bits per heavy atom. The van der Waals surface area contributed by atoms with Gasteiger partial charge in [0.15, 0.2) is 0 Å². The van der Waals surface area contributed by atoms with E-state index in [9.17, 15) is 0 Å². The van der Waals surface area contributed by atoms with Gasteiger partial charge in [0.1, 0.15) is 11.9 Å². The fourth-order valence-electron chi connectivity index (χ4n) is 3.08. The Morgan fingerprint density at radius 2 is 1.90 bits per heavy atom. The van der Waals surface area contributed by atoms with Gasteiger partial charge in [-0.2, -0.15) is 0 Å². The van der Waals surface area contributed by atoms with Gasteiger partial charge in [-0.25, -0.2) is 0 Å². The van der Waals surface area contributed by atoms with Gasteiger partial charge in [0.2, 0.25) is 0 Å². The average Bonchev–Trinajstić information content (AvgIpc) is 2.91. The van der Waals surface area contributed by atoms with Crippen LogP contribution in [0.5, 0.6) is 5.75 Å². The standard InChI is InChI=1S/C19H23NO/c1-14-6-8-15(9-7-14)10-16(13-20)11-18-12-17-4-2-3-5-19(17)21-18/h2-9,16,18H,10-13,20H2,1H3. The molecular weight excluding hydrogens is 258 g/mol. The largest absolute Gasteiger partial charge is 0.490 e. The first-order valence-electron chi connectivity index (χ1n) is 7.75. The van der Waals surface area contributed by atoms with Crippen molar-refractivity contribution in [1.82, 2.24) is 0 Å². The molecular formula is C19H23NO. The van der Waals surface area contributed by atoms with Gasteiger partial charge < -0.3 is 10.5 Å². The van der Waals surface area contributed by atoms with Crippen LogP contribution in [0.15, 0.2) is 48.5 Å². The number of nitrogens with two attached hydrogens (primary N) is 1. The minimum atomic E-state index is 0.279. The molecule has 1 aliphatic heterocycles.